The number of ether oxygens (including phenoxy) is 1. The number of nitrogens with zero attached hydrogens (tertiary/aromatic N) is 2. The third-order valence-electron chi connectivity index (χ3n) is 5.60. The molecule has 6 nitrogen and oxygen atoms in total. The van der Waals surface area contributed by atoms with Crippen molar-refractivity contribution in [3.8, 4) is 0 Å². The van der Waals surface area contributed by atoms with Crippen molar-refractivity contribution in [2.45, 2.75) is 57.8 Å². The second-order valence-electron chi connectivity index (χ2n) is 8.01. The number of amides is 1. The molecule has 0 bridgehead atoms. The Hall–Kier alpha value is -1.92. The van der Waals surface area contributed by atoms with E-state index in [9.17, 15) is 9.59 Å². The van der Waals surface area contributed by atoms with Gasteiger partial charge in [-0.25, -0.2) is 0 Å². The number of rotatable bonds is 6. The molecule has 0 aliphatic carbocycles. The van der Waals surface area contributed by atoms with E-state index in [1.54, 1.807) is 18.3 Å². The minimum absolute atomic E-state index is 0.00671. The van der Waals surface area contributed by atoms with Gasteiger partial charge in [0.25, 0.3) is 5.56 Å². The predicted octanol–water partition coefficient (Wildman–Crippen LogP) is 1.94. The van der Waals surface area contributed by atoms with Crippen molar-refractivity contribution in [2.75, 3.05) is 26.2 Å². The molecule has 1 spiro atoms. The van der Waals surface area contributed by atoms with Gasteiger partial charge in [0.2, 0.25) is 5.91 Å². The number of carbonyl (C=O) groups is 1. The van der Waals surface area contributed by atoms with Gasteiger partial charge in [-0.15, -0.1) is 0 Å². The van der Waals surface area contributed by atoms with E-state index in [2.05, 4.69) is 30.1 Å². The van der Waals surface area contributed by atoms with E-state index in [0.717, 1.165) is 45.3 Å². The van der Waals surface area contributed by atoms with Gasteiger partial charge in [0.05, 0.1) is 11.7 Å². The second kappa shape index (κ2) is 8.85. The van der Waals surface area contributed by atoms with Crippen LogP contribution in [0.25, 0.3) is 0 Å². The molecule has 3 rings (SSSR count). The van der Waals surface area contributed by atoms with Crippen molar-refractivity contribution in [1.82, 2.24) is 14.8 Å². The monoisotopic (exact) mass is 373 g/mol. The smallest absolute Gasteiger partial charge is 0.250 e. The molecule has 0 unspecified atom stereocenters. The number of pyridine rings is 1. The van der Waals surface area contributed by atoms with Crippen molar-refractivity contribution < 1.29 is 9.53 Å². The van der Waals surface area contributed by atoms with Crippen molar-refractivity contribution in [2.24, 2.45) is 0 Å². The molecule has 2 aliphatic heterocycles. The number of piperidine rings is 1. The number of nitrogens with one attached hydrogen (secondary N) is 1. The first-order valence-electron chi connectivity index (χ1n) is 9.91. The van der Waals surface area contributed by atoms with Crippen LogP contribution in [-0.4, -0.2) is 53.3 Å². The molecular weight excluding hydrogens is 342 g/mol. The van der Waals surface area contributed by atoms with Gasteiger partial charge in [0, 0.05) is 38.4 Å². The summed E-state index contributed by atoms with van der Waals surface area (Å²) < 4.78 is 7.77. The number of aromatic nitrogens is 1. The highest BCUT2D eigenvalue weighted by Gasteiger charge is 2.42. The van der Waals surface area contributed by atoms with Gasteiger partial charge in [-0.05, 0) is 45.6 Å². The molecule has 0 radical (unpaired) electrons. The SMILES string of the molecule is CC(C)=CCN1CCC2(CC[C@H](CNC(=O)Cn3ccccc3=O)O2)CC1. The van der Waals surface area contributed by atoms with Crippen LogP contribution in [0.3, 0.4) is 0 Å². The van der Waals surface area contributed by atoms with Gasteiger partial charge in [-0.2, -0.15) is 0 Å². The van der Waals surface area contributed by atoms with Crippen LogP contribution < -0.4 is 10.9 Å². The van der Waals surface area contributed by atoms with E-state index < -0.39 is 0 Å². The molecule has 6 heteroatoms. The van der Waals surface area contributed by atoms with Gasteiger partial charge in [-0.3, -0.25) is 14.5 Å². The maximum absolute atomic E-state index is 12.1. The summed E-state index contributed by atoms with van der Waals surface area (Å²) in [6.45, 7) is 8.01. The molecule has 2 fully saturated rings. The van der Waals surface area contributed by atoms with Gasteiger partial charge in [-0.1, -0.05) is 17.7 Å². The van der Waals surface area contributed by atoms with E-state index in [4.69, 9.17) is 4.74 Å². The van der Waals surface area contributed by atoms with Crippen LogP contribution in [0.5, 0.6) is 0 Å². The molecule has 1 aromatic heterocycles. The Morgan fingerprint density at radius 1 is 1.30 bits per heavy atom. The zero-order valence-corrected chi connectivity index (χ0v) is 16.4. The maximum Gasteiger partial charge on any atom is 0.250 e. The van der Waals surface area contributed by atoms with Crippen LogP contribution in [0, 0.1) is 0 Å². The molecular formula is C21H31N3O3. The van der Waals surface area contributed by atoms with Gasteiger partial charge in [0.1, 0.15) is 6.54 Å². The van der Waals surface area contributed by atoms with Gasteiger partial charge >= 0.3 is 0 Å². The number of hydrogen-bond donors (Lipinski definition) is 1. The van der Waals surface area contributed by atoms with Crippen LogP contribution >= 0.6 is 0 Å². The molecule has 2 aliphatic rings. The molecule has 1 N–H and O–H groups in total. The molecule has 0 aromatic carbocycles. The van der Waals surface area contributed by atoms with E-state index in [-0.39, 0.29) is 29.7 Å². The van der Waals surface area contributed by atoms with Crippen molar-refractivity contribution in [3.05, 3.63) is 46.4 Å². The summed E-state index contributed by atoms with van der Waals surface area (Å²) in [6, 6.07) is 4.89. The minimum atomic E-state index is -0.163. The molecule has 3 heterocycles. The van der Waals surface area contributed by atoms with Gasteiger partial charge < -0.3 is 14.6 Å². The average Bonchev–Trinajstić information content (AvgIpc) is 3.04. The fourth-order valence-electron chi connectivity index (χ4n) is 3.89. The highest BCUT2D eigenvalue weighted by molar-refractivity contribution is 5.75. The largest absolute Gasteiger partial charge is 0.370 e. The number of allylic oxidation sites excluding steroid dienone is 1. The van der Waals surface area contributed by atoms with E-state index in [0.29, 0.717) is 6.54 Å². The van der Waals surface area contributed by atoms with E-state index >= 15 is 0 Å². The van der Waals surface area contributed by atoms with E-state index in [1.807, 2.05) is 0 Å². The standard InChI is InChI=1S/C21H31N3O3/c1-17(2)7-12-23-13-9-21(10-14-23)8-6-18(27-21)15-22-19(25)16-24-11-4-3-5-20(24)26/h3-5,7,11,18H,6,8-10,12-16H2,1-2H3,(H,22,25)/t18-/m1/s1. The molecule has 1 atom stereocenters. The number of hydrogen-bond acceptors (Lipinski definition) is 4. The maximum atomic E-state index is 12.1. The summed E-state index contributed by atoms with van der Waals surface area (Å²) in [7, 11) is 0. The molecule has 27 heavy (non-hydrogen) atoms. The lowest BCUT2D eigenvalue weighted by atomic mass is 9.88. The highest BCUT2D eigenvalue weighted by Crippen LogP contribution is 2.38. The number of likely N-dealkylation sites (tertiary alicyclic amines) is 1. The quantitative estimate of drug-likeness (QED) is 0.774. The molecule has 1 amide bonds. The summed E-state index contributed by atoms with van der Waals surface area (Å²) in [4.78, 5) is 26.3. The summed E-state index contributed by atoms with van der Waals surface area (Å²) >= 11 is 0. The lowest BCUT2D eigenvalue weighted by molar-refractivity contribution is -0.123. The first kappa shape index (κ1) is 19.8. The molecule has 148 valence electrons. The molecule has 0 saturated carbocycles. The Morgan fingerprint density at radius 3 is 2.78 bits per heavy atom. The Morgan fingerprint density at radius 2 is 2.07 bits per heavy atom. The van der Waals surface area contributed by atoms with Crippen molar-refractivity contribution in [1.29, 1.82) is 0 Å². The zero-order valence-electron chi connectivity index (χ0n) is 16.4. The van der Waals surface area contributed by atoms with Crippen LogP contribution in [-0.2, 0) is 16.1 Å². The summed E-state index contributed by atoms with van der Waals surface area (Å²) in [6.07, 6.45) is 8.17. The molecule has 1 aromatic rings. The third-order valence-corrected chi connectivity index (χ3v) is 5.60. The normalized spacial score (nSPS) is 21.9. The van der Waals surface area contributed by atoms with E-state index in [1.165, 1.54) is 16.2 Å². The highest BCUT2D eigenvalue weighted by atomic mass is 16.5. The van der Waals surface area contributed by atoms with Crippen LogP contribution in [0.1, 0.15) is 39.5 Å². The summed E-state index contributed by atoms with van der Waals surface area (Å²) in [5.74, 6) is -0.149. The Kier molecular flexibility index (Phi) is 6.50. The number of carbonyl (C=O) groups excluding carboxylic acids is 1. The fourth-order valence-corrected chi connectivity index (χ4v) is 3.89. The minimum Gasteiger partial charge on any atom is -0.370 e. The Labute approximate surface area is 161 Å². The van der Waals surface area contributed by atoms with Gasteiger partial charge in [0.15, 0.2) is 0 Å². The van der Waals surface area contributed by atoms with Crippen LogP contribution in [0.4, 0.5) is 0 Å². The van der Waals surface area contributed by atoms with Crippen molar-refractivity contribution >= 4 is 5.91 Å². The third kappa shape index (κ3) is 5.53. The fraction of sp³-hybridized carbons (Fsp3) is 0.619. The Balaban J connectivity index is 1.41. The average molecular weight is 373 g/mol. The zero-order chi connectivity index (χ0) is 19.3. The second-order valence-corrected chi connectivity index (χ2v) is 8.01. The first-order valence-corrected chi connectivity index (χ1v) is 9.91. The van der Waals surface area contributed by atoms with Crippen LogP contribution in [0.2, 0.25) is 0 Å². The van der Waals surface area contributed by atoms with Crippen molar-refractivity contribution in [3.63, 3.8) is 0 Å². The lowest BCUT2D eigenvalue weighted by Crippen LogP contribution is -2.45. The summed E-state index contributed by atoms with van der Waals surface area (Å²) in [5, 5.41) is 2.92. The lowest BCUT2D eigenvalue weighted by Gasteiger charge is -2.39. The van der Waals surface area contributed by atoms with Crippen LogP contribution in [0.15, 0.2) is 40.8 Å². The topological polar surface area (TPSA) is 63.6 Å². The first-order chi connectivity index (χ1) is 13.0. The molecule has 2 saturated heterocycles. The predicted molar refractivity (Wildman–Crippen MR) is 106 cm³/mol. The Bertz CT molecular complexity index is 728. The summed E-state index contributed by atoms with van der Waals surface area (Å²) in [5.41, 5.74) is 1.19.